The number of ether oxygens (including phenoxy) is 1. The Kier molecular flexibility index (Phi) is 7.21. The summed E-state index contributed by atoms with van der Waals surface area (Å²) in [5.41, 5.74) is 0. The number of aromatic nitrogens is 2. The molecular formula is C12H13LiN4O6S2. The number of sulfonamides is 1. The van der Waals surface area contributed by atoms with Crippen molar-refractivity contribution >= 4 is 31.9 Å². The van der Waals surface area contributed by atoms with Crippen LogP contribution in [-0.2, 0) is 20.1 Å². The molecule has 1 heterocycles. The summed E-state index contributed by atoms with van der Waals surface area (Å²) in [5.74, 6) is 0.341. The number of nitrogens with one attached hydrogen (secondary N) is 2. The Balaban J connectivity index is 0.00000312. The first-order valence-electron chi connectivity index (χ1n) is 6.37. The fourth-order valence-electron chi connectivity index (χ4n) is 1.59. The van der Waals surface area contributed by atoms with Gasteiger partial charge in [0.1, 0.15) is 21.7 Å². The number of hydrogen-bond acceptors (Lipinski definition) is 9. The van der Waals surface area contributed by atoms with Crippen LogP contribution < -0.4 is 33.6 Å². The first-order chi connectivity index (χ1) is 11.1. The van der Waals surface area contributed by atoms with E-state index in [4.69, 9.17) is 4.74 Å². The van der Waals surface area contributed by atoms with Gasteiger partial charge in [0.15, 0.2) is 6.73 Å². The van der Waals surface area contributed by atoms with E-state index < -0.39 is 25.0 Å². The van der Waals surface area contributed by atoms with Gasteiger partial charge < -0.3 is 14.6 Å². The molecule has 1 aromatic heterocycles. The Morgan fingerprint density at radius 2 is 1.92 bits per heavy atom. The maximum atomic E-state index is 11.1. The van der Waals surface area contributed by atoms with Crippen molar-refractivity contribution < 1.29 is 45.0 Å². The first-order valence-corrected chi connectivity index (χ1v) is 9.67. The molecule has 0 bridgehead atoms. The summed E-state index contributed by atoms with van der Waals surface area (Å²) in [6, 6.07) is 6.60. The second-order valence-electron chi connectivity index (χ2n) is 4.53. The average molecular weight is 380 g/mol. The normalized spacial score (nSPS) is 11.3. The van der Waals surface area contributed by atoms with Crippen LogP contribution in [0.25, 0.3) is 0 Å². The van der Waals surface area contributed by atoms with Crippen LogP contribution in [0.4, 0.5) is 11.8 Å². The standard InChI is InChI=1S/C12H14N4O6S2.Li/c1-23(17,18)16-12-13-6-5-11(15-12)14-8-22-9-3-2-4-10(7-9)24(19,20)21;/h2-7H,8H2,1H3,(H,19,20,21)(H2,13,14,15,16);/q;+1/p-1. The van der Waals surface area contributed by atoms with Crippen LogP contribution in [0.1, 0.15) is 0 Å². The monoisotopic (exact) mass is 380 g/mol. The number of anilines is 2. The molecular weight excluding hydrogens is 367 g/mol. The van der Waals surface area contributed by atoms with Crippen molar-refractivity contribution in [3.63, 3.8) is 0 Å². The second kappa shape index (κ2) is 8.50. The largest absolute Gasteiger partial charge is 1.00 e. The summed E-state index contributed by atoms with van der Waals surface area (Å²) in [4.78, 5) is 7.25. The van der Waals surface area contributed by atoms with Crippen molar-refractivity contribution in [1.82, 2.24) is 9.97 Å². The zero-order chi connectivity index (χ0) is 17.8. The van der Waals surface area contributed by atoms with E-state index in [1.165, 1.54) is 24.4 Å². The van der Waals surface area contributed by atoms with Crippen molar-refractivity contribution in [3.05, 3.63) is 36.5 Å². The van der Waals surface area contributed by atoms with E-state index in [9.17, 15) is 21.4 Å². The number of rotatable bonds is 7. The van der Waals surface area contributed by atoms with Crippen LogP contribution in [0.5, 0.6) is 5.75 Å². The first kappa shape index (κ1) is 21.2. The molecule has 25 heavy (non-hydrogen) atoms. The van der Waals surface area contributed by atoms with Crippen molar-refractivity contribution in [2.75, 3.05) is 23.0 Å². The summed E-state index contributed by atoms with van der Waals surface area (Å²) < 4.78 is 62.4. The molecule has 1 aromatic carbocycles. The molecule has 0 spiro atoms. The van der Waals surface area contributed by atoms with Gasteiger partial charge in [-0.25, -0.2) is 21.8 Å². The summed E-state index contributed by atoms with van der Waals surface area (Å²) in [6.07, 6.45) is 2.31. The van der Waals surface area contributed by atoms with E-state index in [-0.39, 0.29) is 43.1 Å². The minimum Gasteiger partial charge on any atom is -0.744 e. The Morgan fingerprint density at radius 3 is 2.56 bits per heavy atom. The van der Waals surface area contributed by atoms with E-state index >= 15 is 0 Å². The molecule has 10 nitrogen and oxygen atoms in total. The molecule has 0 fully saturated rings. The third-order valence-corrected chi connectivity index (χ3v) is 3.90. The predicted molar refractivity (Wildman–Crippen MR) is 84.0 cm³/mol. The van der Waals surface area contributed by atoms with E-state index in [1.807, 2.05) is 0 Å². The predicted octanol–water partition coefficient (Wildman–Crippen LogP) is -2.80. The van der Waals surface area contributed by atoms with Crippen LogP contribution in [0.3, 0.4) is 0 Å². The fourth-order valence-corrected chi connectivity index (χ4v) is 2.52. The second-order valence-corrected chi connectivity index (χ2v) is 7.66. The molecule has 0 amide bonds. The van der Waals surface area contributed by atoms with Crippen LogP contribution in [0, 0.1) is 0 Å². The molecule has 0 atom stereocenters. The summed E-state index contributed by atoms with van der Waals surface area (Å²) in [6.45, 7) is -0.0995. The van der Waals surface area contributed by atoms with Crippen LogP contribution in [-0.4, -0.2) is 44.3 Å². The molecule has 0 aliphatic carbocycles. The zero-order valence-electron chi connectivity index (χ0n) is 13.3. The van der Waals surface area contributed by atoms with Gasteiger partial charge in [-0.1, -0.05) is 6.07 Å². The van der Waals surface area contributed by atoms with Gasteiger partial charge >= 0.3 is 18.9 Å². The van der Waals surface area contributed by atoms with Crippen molar-refractivity contribution in [2.24, 2.45) is 0 Å². The Bertz CT molecular complexity index is 936. The summed E-state index contributed by atoms with van der Waals surface area (Å²) in [7, 11) is -8.06. The van der Waals surface area contributed by atoms with Crippen molar-refractivity contribution in [2.45, 2.75) is 4.90 Å². The number of benzene rings is 1. The number of nitrogens with zero attached hydrogens (tertiary/aromatic N) is 2. The molecule has 130 valence electrons. The Morgan fingerprint density at radius 1 is 1.20 bits per heavy atom. The van der Waals surface area contributed by atoms with E-state index in [0.717, 1.165) is 18.4 Å². The molecule has 0 unspecified atom stereocenters. The quantitative estimate of drug-likeness (QED) is 0.295. The minimum absolute atomic E-state index is 0. The minimum atomic E-state index is -4.56. The van der Waals surface area contributed by atoms with Gasteiger partial charge in [0.25, 0.3) is 0 Å². The van der Waals surface area contributed by atoms with Crippen LogP contribution in [0.15, 0.2) is 41.4 Å². The van der Waals surface area contributed by atoms with E-state index in [2.05, 4.69) is 20.0 Å². The molecule has 0 aliphatic rings. The van der Waals surface area contributed by atoms with E-state index in [0.29, 0.717) is 0 Å². The zero-order valence-corrected chi connectivity index (χ0v) is 15.0. The molecule has 2 rings (SSSR count). The van der Waals surface area contributed by atoms with Gasteiger partial charge in [0, 0.05) is 6.20 Å². The average Bonchev–Trinajstić information content (AvgIpc) is 2.45. The maximum absolute atomic E-state index is 11.1. The Labute approximate surface area is 157 Å². The van der Waals surface area contributed by atoms with Crippen molar-refractivity contribution in [1.29, 1.82) is 0 Å². The topological polar surface area (TPSA) is 150 Å². The fraction of sp³-hybridized carbons (Fsp3) is 0.167. The SMILES string of the molecule is CS(=O)(=O)Nc1nccc(NCOc2cccc(S(=O)(=O)[O-])c2)n1.[Li+]. The van der Waals surface area contributed by atoms with Gasteiger partial charge in [0.05, 0.1) is 11.2 Å². The van der Waals surface area contributed by atoms with Gasteiger partial charge in [0.2, 0.25) is 16.0 Å². The third kappa shape index (κ3) is 7.28. The van der Waals surface area contributed by atoms with Gasteiger partial charge in [-0.15, -0.1) is 0 Å². The van der Waals surface area contributed by atoms with Gasteiger partial charge in [-0.05, 0) is 24.3 Å². The summed E-state index contributed by atoms with van der Waals surface area (Å²) >= 11 is 0. The molecule has 2 aromatic rings. The van der Waals surface area contributed by atoms with Crippen LogP contribution >= 0.6 is 0 Å². The van der Waals surface area contributed by atoms with E-state index in [1.54, 1.807) is 0 Å². The van der Waals surface area contributed by atoms with Crippen LogP contribution in [0.2, 0.25) is 0 Å². The smallest absolute Gasteiger partial charge is 0.744 e. The summed E-state index contributed by atoms with van der Waals surface area (Å²) in [5, 5.41) is 2.74. The molecule has 13 heteroatoms. The molecule has 0 aliphatic heterocycles. The molecule has 2 N–H and O–H groups in total. The number of hydrogen-bond donors (Lipinski definition) is 2. The molecule has 0 saturated carbocycles. The van der Waals surface area contributed by atoms with Gasteiger partial charge in [-0.2, -0.15) is 4.98 Å². The molecule has 0 saturated heterocycles. The van der Waals surface area contributed by atoms with Gasteiger partial charge in [-0.3, -0.25) is 4.72 Å². The maximum Gasteiger partial charge on any atom is 1.00 e. The van der Waals surface area contributed by atoms with Crippen molar-refractivity contribution in [3.8, 4) is 5.75 Å². The molecule has 0 radical (unpaired) electrons. The third-order valence-electron chi connectivity index (χ3n) is 2.52. The Hall–Kier alpha value is -1.84.